The van der Waals surface area contributed by atoms with Gasteiger partial charge in [0.25, 0.3) is 0 Å². The lowest BCUT2D eigenvalue weighted by Crippen LogP contribution is -2.24. The summed E-state index contributed by atoms with van der Waals surface area (Å²) in [5.41, 5.74) is 4.30. The number of nitrogens with zero attached hydrogens (tertiary/aromatic N) is 4. The first-order valence-corrected chi connectivity index (χ1v) is 11.3. The van der Waals surface area contributed by atoms with Crippen molar-refractivity contribution in [2.75, 3.05) is 6.61 Å². The summed E-state index contributed by atoms with van der Waals surface area (Å²) < 4.78 is 12.6. The molecule has 0 radical (unpaired) electrons. The maximum atomic E-state index is 12.4. The molecule has 0 amide bonds. The van der Waals surface area contributed by atoms with Crippen LogP contribution in [0.5, 0.6) is 0 Å². The van der Waals surface area contributed by atoms with E-state index in [-0.39, 0.29) is 5.97 Å². The van der Waals surface area contributed by atoms with Gasteiger partial charge in [-0.1, -0.05) is 47.7 Å². The highest BCUT2D eigenvalue weighted by Gasteiger charge is 2.23. The van der Waals surface area contributed by atoms with Crippen molar-refractivity contribution >= 4 is 5.97 Å². The fourth-order valence-corrected chi connectivity index (χ4v) is 3.80. The molecule has 0 fully saturated rings. The fraction of sp³-hybridized carbons (Fsp3) is 0.308. The summed E-state index contributed by atoms with van der Waals surface area (Å²) in [6.45, 7) is 4.10. The molecular formula is C26H28N4O3. The van der Waals surface area contributed by atoms with E-state index in [1.807, 2.05) is 37.3 Å². The number of hydrogen-bond donors (Lipinski definition) is 0. The lowest BCUT2D eigenvalue weighted by atomic mass is 10.0. The highest BCUT2D eigenvalue weighted by molar-refractivity contribution is 5.74. The standard InChI is InChI=1S/C26H28N4O3/c1-3-32-26(31)24(30-17-16-27-29-30)18-21-14-12-20(13-15-21)8-7-11-23-19(2)33-25(28-23)22-9-5-4-6-10-22/h4-6,9-10,12-17,24H,3,7-8,11,18H2,1-2H3. The van der Waals surface area contributed by atoms with E-state index in [2.05, 4.69) is 34.6 Å². The molecule has 0 bridgehead atoms. The summed E-state index contributed by atoms with van der Waals surface area (Å²) in [6.07, 6.45) is 6.53. The molecule has 0 N–H and O–H groups in total. The van der Waals surface area contributed by atoms with Gasteiger partial charge in [0.2, 0.25) is 5.89 Å². The molecule has 1 unspecified atom stereocenters. The number of hydrogen-bond acceptors (Lipinski definition) is 6. The van der Waals surface area contributed by atoms with Gasteiger partial charge in [-0.2, -0.15) is 0 Å². The molecule has 33 heavy (non-hydrogen) atoms. The Morgan fingerprint density at radius 3 is 2.52 bits per heavy atom. The molecule has 0 aliphatic carbocycles. The second kappa shape index (κ2) is 10.7. The van der Waals surface area contributed by atoms with E-state index in [9.17, 15) is 4.79 Å². The Morgan fingerprint density at radius 1 is 1.06 bits per heavy atom. The van der Waals surface area contributed by atoms with Crippen molar-refractivity contribution in [2.45, 2.75) is 45.6 Å². The van der Waals surface area contributed by atoms with Gasteiger partial charge in [0.15, 0.2) is 6.04 Å². The Morgan fingerprint density at radius 2 is 1.82 bits per heavy atom. The van der Waals surface area contributed by atoms with Crippen LogP contribution >= 0.6 is 0 Å². The first-order chi connectivity index (χ1) is 16.1. The normalized spacial score (nSPS) is 11.9. The largest absolute Gasteiger partial charge is 0.464 e. The van der Waals surface area contributed by atoms with Crippen molar-refractivity contribution in [1.82, 2.24) is 20.0 Å². The van der Waals surface area contributed by atoms with Crippen molar-refractivity contribution in [3.8, 4) is 11.5 Å². The molecule has 2 heterocycles. The van der Waals surface area contributed by atoms with Gasteiger partial charge in [-0.25, -0.2) is 14.5 Å². The van der Waals surface area contributed by atoms with Crippen molar-refractivity contribution in [3.05, 3.63) is 89.6 Å². The first kappa shape index (κ1) is 22.5. The quantitative estimate of drug-likeness (QED) is 0.328. The summed E-state index contributed by atoms with van der Waals surface area (Å²) >= 11 is 0. The predicted octanol–water partition coefficient (Wildman–Crippen LogP) is 4.76. The van der Waals surface area contributed by atoms with E-state index in [1.54, 1.807) is 24.0 Å². The zero-order chi connectivity index (χ0) is 23.0. The Balaban J connectivity index is 1.33. The molecule has 7 nitrogen and oxygen atoms in total. The van der Waals surface area contributed by atoms with Crippen LogP contribution in [0, 0.1) is 6.92 Å². The van der Waals surface area contributed by atoms with Crippen LogP contribution in [0.25, 0.3) is 11.5 Å². The van der Waals surface area contributed by atoms with Gasteiger partial charge in [-0.05, 0) is 56.4 Å². The van der Waals surface area contributed by atoms with Crippen LogP contribution in [-0.2, 0) is 28.8 Å². The van der Waals surface area contributed by atoms with E-state index < -0.39 is 6.04 Å². The molecule has 170 valence electrons. The smallest absolute Gasteiger partial charge is 0.331 e. The number of oxazole rings is 1. The lowest BCUT2D eigenvalue weighted by Gasteiger charge is -2.15. The Bertz CT molecular complexity index is 1150. The third-order valence-electron chi connectivity index (χ3n) is 5.56. The topological polar surface area (TPSA) is 83.0 Å². The van der Waals surface area contributed by atoms with Crippen LogP contribution in [0.15, 0.2) is 71.4 Å². The van der Waals surface area contributed by atoms with E-state index in [0.717, 1.165) is 41.8 Å². The van der Waals surface area contributed by atoms with Gasteiger partial charge in [0.05, 0.1) is 18.5 Å². The van der Waals surface area contributed by atoms with Crippen molar-refractivity contribution in [2.24, 2.45) is 0 Å². The third kappa shape index (κ3) is 5.74. The van der Waals surface area contributed by atoms with Gasteiger partial charge in [-0.15, -0.1) is 5.10 Å². The van der Waals surface area contributed by atoms with Crippen LogP contribution in [0.3, 0.4) is 0 Å². The monoisotopic (exact) mass is 444 g/mol. The van der Waals surface area contributed by atoms with Crippen LogP contribution in [0.4, 0.5) is 0 Å². The highest BCUT2D eigenvalue weighted by atomic mass is 16.5. The maximum absolute atomic E-state index is 12.4. The second-order valence-corrected chi connectivity index (χ2v) is 7.91. The molecule has 0 saturated heterocycles. The molecule has 0 spiro atoms. The van der Waals surface area contributed by atoms with Crippen LogP contribution in [0.2, 0.25) is 0 Å². The average Bonchev–Trinajstić information content (AvgIpc) is 3.49. The van der Waals surface area contributed by atoms with Gasteiger partial charge in [0.1, 0.15) is 5.76 Å². The molecule has 7 heteroatoms. The molecule has 0 aliphatic heterocycles. The molecule has 4 rings (SSSR count). The number of ether oxygens (including phenoxy) is 1. The molecule has 2 aromatic heterocycles. The number of esters is 1. The number of carbonyl (C=O) groups excluding carboxylic acids is 1. The highest BCUT2D eigenvalue weighted by Crippen LogP contribution is 2.23. The van der Waals surface area contributed by atoms with E-state index >= 15 is 0 Å². The molecule has 2 aromatic carbocycles. The van der Waals surface area contributed by atoms with Crippen molar-refractivity contribution in [3.63, 3.8) is 0 Å². The van der Waals surface area contributed by atoms with Crippen molar-refractivity contribution < 1.29 is 13.9 Å². The van der Waals surface area contributed by atoms with Crippen molar-refractivity contribution in [1.29, 1.82) is 0 Å². The van der Waals surface area contributed by atoms with E-state index in [4.69, 9.17) is 14.1 Å². The zero-order valence-electron chi connectivity index (χ0n) is 19.0. The van der Waals surface area contributed by atoms with E-state index in [1.165, 1.54) is 5.56 Å². The minimum absolute atomic E-state index is 0.301. The molecule has 4 aromatic rings. The molecule has 0 aliphatic rings. The van der Waals surface area contributed by atoms with Gasteiger partial charge in [0, 0.05) is 18.2 Å². The minimum Gasteiger partial charge on any atom is -0.464 e. The summed E-state index contributed by atoms with van der Waals surface area (Å²) in [4.78, 5) is 17.1. The number of aromatic nitrogens is 4. The van der Waals surface area contributed by atoms with Gasteiger partial charge < -0.3 is 9.15 Å². The second-order valence-electron chi connectivity index (χ2n) is 7.91. The summed E-state index contributed by atoms with van der Waals surface area (Å²) in [5.74, 6) is 1.25. The van der Waals surface area contributed by atoms with Crippen LogP contribution in [0.1, 0.15) is 42.0 Å². The minimum atomic E-state index is -0.521. The number of benzene rings is 2. The van der Waals surface area contributed by atoms with Crippen LogP contribution < -0.4 is 0 Å². The molecule has 0 saturated carbocycles. The van der Waals surface area contributed by atoms with Gasteiger partial charge >= 0.3 is 5.97 Å². The van der Waals surface area contributed by atoms with Crippen LogP contribution in [-0.4, -0.2) is 32.6 Å². The SMILES string of the molecule is CCOC(=O)C(Cc1ccc(CCCc2nc(-c3ccccc3)oc2C)cc1)n1ccnn1. The average molecular weight is 445 g/mol. The Labute approximate surface area is 193 Å². The first-order valence-electron chi connectivity index (χ1n) is 11.3. The zero-order valence-corrected chi connectivity index (χ0v) is 19.0. The Kier molecular flexibility index (Phi) is 7.29. The number of aryl methyl sites for hydroxylation is 3. The van der Waals surface area contributed by atoms with E-state index in [0.29, 0.717) is 18.9 Å². The number of carbonyl (C=O) groups is 1. The third-order valence-corrected chi connectivity index (χ3v) is 5.56. The summed E-state index contributed by atoms with van der Waals surface area (Å²) in [7, 11) is 0. The predicted molar refractivity (Wildman–Crippen MR) is 125 cm³/mol. The Hall–Kier alpha value is -3.74. The maximum Gasteiger partial charge on any atom is 0.331 e. The summed E-state index contributed by atoms with van der Waals surface area (Å²) in [5, 5.41) is 7.80. The summed E-state index contributed by atoms with van der Waals surface area (Å²) in [6, 6.07) is 17.8. The van der Waals surface area contributed by atoms with Gasteiger partial charge in [-0.3, -0.25) is 0 Å². The lowest BCUT2D eigenvalue weighted by molar-refractivity contribution is -0.147. The number of rotatable bonds is 10. The molecule has 1 atom stereocenters. The fourth-order valence-electron chi connectivity index (χ4n) is 3.80. The molecular weight excluding hydrogens is 416 g/mol.